The van der Waals surface area contributed by atoms with Gasteiger partial charge in [0, 0.05) is 24.0 Å². The van der Waals surface area contributed by atoms with Crippen molar-refractivity contribution in [2.45, 2.75) is 39.7 Å². The molecule has 1 aliphatic heterocycles. The highest BCUT2D eigenvalue weighted by Crippen LogP contribution is 2.41. The molecule has 0 fully saturated rings. The van der Waals surface area contributed by atoms with Crippen LogP contribution in [0.1, 0.15) is 39.2 Å². The van der Waals surface area contributed by atoms with Gasteiger partial charge in [0.25, 0.3) is 0 Å². The fraction of sp³-hybridized carbons (Fsp3) is 0.429. The van der Waals surface area contributed by atoms with Crippen LogP contribution < -0.4 is 4.74 Å². The lowest BCUT2D eigenvalue weighted by Crippen LogP contribution is -2.32. The first-order valence-corrected chi connectivity index (χ1v) is 9.12. The van der Waals surface area contributed by atoms with E-state index in [1.54, 1.807) is 39.4 Å². The lowest BCUT2D eigenvalue weighted by atomic mass is 9.82. The van der Waals surface area contributed by atoms with Gasteiger partial charge in [-0.3, -0.25) is 0 Å². The van der Waals surface area contributed by atoms with Crippen LogP contribution in [-0.4, -0.2) is 43.2 Å². The normalized spacial score (nSPS) is 14.5. The van der Waals surface area contributed by atoms with E-state index in [2.05, 4.69) is 0 Å². The van der Waals surface area contributed by atoms with Crippen LogP contribution in [0.2, 0.25) is 0 Å². The van der Waals surface area contributed by atoms with E-state index in [0.29, 0.717) is 22.5 Å². The quantitative estimate of drug-likeness (QED) is 0.683. The van der Waals surface area contributed by atoms with Gasteiger partial charge >= 0.3 is 11.9 Å². The van der Waals surface area contributed by atoms with Crippen molar-refractivity contribution in [1.29, 1.82) is 0 Å². The molecule has 0 radical (unpaired) electrons. The van der Waals surface area contributed by atoms with Crippen LogP contribution >= 0.6 is 0 Å². The number of hydrogen-bond acceptors (Lipinski definition) is 6. The average Bonchev–Trinajstić information content (AvgIpc) is 2.67. The van der Waals surface area contributed by atoms with Gasteiger partial charge in [-0.15, -0.1) is 0 Å². The highest BCUT2D eigenvalue weighted by Gasteiger charge is 2.37. The molecular weight excluding hydrogens is 346 g/mol. The second kappa shape index (κ2) is 9.26. The number of rotatable bonds is 7. The van der Waals surface area contributed by atoms with Crippen molar-refractivity contribution < 1.29 is 23.8 Å². The Hall–Kier alpha value is -2.76. The van der Waals surface area contributed by atoms with Gasteiger partial charge in [0.15, 0.2) is 0 Å². The van der Waals surface area contributed by atoms with Crippen LogP contribution in [0.15, 0.2) is 47.8 Å². The Balaban J connectivity index is 2.65. The van der Waals surface area contributed by atoms with Gasteiger partial charge in [-0.25, -0.2) is 9.59 Å². The smallest absolute Gasteiger partial charge is 0.336 e. The Morgan fingerprint density at radius 2 is 1.52 bits per heavy atom. The predicted molar refractivity (Wildman–Crippen MR) is 102 cm³/mol. The largest absolute Gasteiger partial charge is 0.496 e. The number of carbonyl (C=O) groups excluding carboxylic acids is 2. The van der Waals surface area contributed by atoms with E-state index in [0.717, 1.165) is 0 Å². The van der Waals surface area contributed by atoms with Crippen LogP contribution in [0.3, 0.4) is 0 Å². The summed E-state index contributed by atoms with van der Waals surface area (Å²) < 4.78 is 16.0. The molecule has 1 aromatic carbocycles. The first kappa shape index (κ1) is 20.6. The first-order valence-electron chi connectivity index (χ1n) is 9.12. The minimum Gasteiger partial charge on any atom is -0.496 e. The lowest BCUT2D eigenvalue weighted by Gasteiger charge is -2.32. The van der Waals surface area contributed by atoms with Crippen molar-refractivity contribution in [1.82, 2.24) is 4.90 Å². The van der Waals surface area contributed by atoms with Crippen molar-refractivity contribution in [3.63, 3.8) is 0 Å². The SMILES string of the molecule is CCOC(=O)C1=CN(C(C)C)C=C(C(=O)OCC)C1c1ccccc1OC. The van der Waals surface area contributed by atoms with E-state index in [-0.39, 0.29) is 19.3 Å². The second-order valence-corrected chi connectivity index (χ2v) is 6.33. The Bertz CT molecular complexity index is 715. The molecule has 0 saturated carbocycles. The van der Waals surface area contributed by atoms with Crippen molar-refractivity contribution in [2.75, 3.05) is 20.3 Å². The number of carbonyl (C=O) groups is 2. The fourth-order valence-electron chi connectivity index (χ4n) is 2.98. The second-order valence-electron chi connectivity index (χ2n) is 6.33. The summed E-state index contributed by atoms with van der Waals surface area (Å²) in [6.45, 7) is 7.94. The van der Waals surface area contributed by atoms with E-state index in [9.17, 15) is 9.59 Å². The molecule has 0 saturated heterocycles. The molecule has 0 amide bonds. The molecule has 27 heavy (non-hydrogen) atoms. The summed E-state index contributed by atoms with van der Waals surface area (Å²) in [5, 5.41) is 0. The number of nitrogens with zero attached hydrogens (tertiary/aromatic N) is 1. The molecule has 0 aliphatic carbocycles. The molecule has 0 unspecified atom stereocenters. The average molecular weight is 373 g/mol. The number of ether oxygens (including phenoxy) is 3. The molecule has 0 bridgehead atoms. The van der Waals surface area contributed by atoms with E-state index >= 15 is 0 Å². The zero-order chi connectivity index (χ0) is 20.0. The van der Waals surface area contributed by atoms with Crippen LogP contribution in [0.5, 0.6) is 5.75 Å². The zero-order valence-electron chi connectivity index (χ0n) is 16.5. The molecule has 0 aromatic heterocycles. The molecule has 1 aliphatic rings. The molecular formula is C21H27NO5. The van der Waals surface area contributed by atoms with Crippen molar-refractivity contribution in [2.24, 2.45) is 0 Å². The Labute approximate surface area is 160 Å². The molecule has 2 rings (SSSR count). The molecule has 0 atom stereocenters. The minimum absolute atomic E-state index is 0.0532. The Morgan fingerprint density at radius 1 is 1.00 bits per heavy atom. The number of para-hydroxylation sites is 1. The van der Waals surface area contributed by atoms with Crippen LogP contribution in [-0.2, 0) is 19.1 Å². The summed E-state index contributed by atoms with van der Waals surface area (Å²) in [4.78, 5) is 27.3. The standard InChI is InChI=1S/C21H27NO5/c1-6-26-20(23)16-12-22(14(3)4)13-17(21(24)27-7-2)19(16)15-10-8-9-11-18(15)25-5/h8-14,19H,6-7H2,1-5H3. The Kier molecular flexibility index (Phi) is 7.05. The van der Waals surface area contributed by atoms with Gasteiger partial charge in [-0.05, 0) is 33.8 Å². The number of methoxy groups -OCH3 is 1. The van der Waals surface area contributed by atoms with Gasteiger partial charge < -0.3 is 19.1 Å². The predicted octanol–water partition coefficient (Wildman–Crippen LogP) is 3.40. The van der Waals surface area contributed by atoms with Gasteiger partial charge in [-0.1, -0.05) is 18.2 Å². The van der Waals surface area contributed by atoms with Gasteiger partial charge in [-0.2, -0.15) is 0 Å². The molecule has 1 aromatic rings. The van der Waals surface area contributed by atoms with Crippen molar-refractivity contribution in [3.05, 3.63) is 53.4 Å². The maximum atomic E-state index is 12.7. The van der Waals surface area contributed by atoms with E-state index in [4.69, 9.17) is 14.2 Å². The van der Waals surface area contributed by atoms with Crippen LogP contribution in [0.25, 0.3) is 0 Å². The Morgan fingerprint density at radius 3 is 1.96 bits per heavy atom. The van der Waals surface area contributed by atoms with Crippen molar-refractivity contribution >= 4 is 11.9 Å². The highest BCUT2D eigenvalue weighted by atomic mass is 16.5. The zero-order valence-corrected chi connectivity index (χ0v) is 16.5. The third-order valence-corrected chi connectivity index (χ3v) is 4.27. The van der Waals surface area contributed by atoms with Crippen LogP contribution in [0.4, 0.5) is 0 Å². The van der Waals surface area contributed by atoms with Gasteiger partial charge in [0.05, 0.1) is 37.4 Å². The first-order chi connectivity index (χ1) is 12.9. The van der Waals surface area contributed by atoms with E-state index in [1.807, 2.05) is 36.9 Å². The molecule has 6 nitrogen and oxygen atoms in total. The lowest BCUT2D eigenvalue weighted by molar-refractivity contribution is -0.139. The summed E-state index contributed by atoms with van der Waals surface area (Å²) in [5.41, 5.74) is 1.46. The van der Waals surface area contributed by atoms with Crippen molar-refractivity contribution in [3.8, 4) is 5.75 Å². The fourth-order valence-corrected chi connectivity index (χ4v) is 2.98. The third-order valence-electron chi connectivity index (χ3n) is 4.27. The molecule has 146 valence electrons. The maximum Gasteiger partial charge on any atom is 0.336 e. The highest BCUT2D eigenvalue weighted by molar-refractivity contribution is 5.99. The van der Waals surface area contributed by atoms with E-state index in [1.165, 1.54) is 0 Å². The molecule has 0 spiro atoms. The maximum absolute atomic E-state index is 12.7. The van der Waals surface area contributed by atoms with Crippen LogP contribution in [0, 0.1) is 0 Å². The number of esters is 2. The molecule has 6 heteroatoms. The summed E-state index contributed by atoms with van der Waals surface area (Å²) >= 11 is 0. The monoisotopic (exact) mass is 373 g/mol. The summed E-state index contributed by atoms with van der Waals surface area (Å²) in [5.74, 6) is -0.969. The summed E-state index contributed by atoms with van der Waals surface area (Å²) in [7, 11) is 1.56. The topological polar surface area (TPSA) is 65.1 Å². The summed E-state index contributed by atoms with van der Waals surface area (Å²) in [6, 6.07) is 7.38. The van der Waals surface area contributed by atoms with Gasteiger partial charge in [0.1, 0.15) is 5.75 Å². The number of hydrogen-bond donors (Lipinski definition) is 0. The van der Waals surface area contributed by atoms with Gasteiger partial charge in [0.2, 0.25) is 0 Å². The molecule has 1 heterocycles. The number of benzene rings is 1. The third kappa shape index (κ3) is 4.51. The molecule has 0 N–H and O–H groups in total. The van der Waals surface area contributed by atoms with E-state index < -0.39 is 17.9 Å². The summed E-state index contributed by atoms with van der Waals surface area (Å²) in [6.07, 6.45) is 3.48. The minimum atomic E-state index is -0.630.